The van der Waals surface area contributed by atoms with Crippen LogP contribution in [0.1, 0.15) is 23.6 Å². The van der Waals surface area contributed by atoms with Gasteiger partial charge in [0.15, 0.2) is 0 Å². The van der Waals surface area contributed by atoms with Crippen molar-refractivity contribution < 1.29 is 4.39 Å². The zero-order valence-electron chi connectivity index (χ0n) is 9.79. The first-order valence-corrected chi connectivity index (χ1v) is 7.12. The number of benzene rings is 2. The molecule has 3 heteroatoms. The van der Waals surface area contributed by atoms with Gasteiger partial charge >= 0.3 is 0 Å². The Kier molecular flexibility index (Phi) is 3.24. The molecule has 2 aromatic rings. The van der Waals surface area contributed by atoms with Gasteiger partial charge in [-0.15, -0.1) is 0 Å². The van der Waals surface area contributed by atoms with Crippen LogP contribution in [0.25, 0.3) is 0 Å². The van der Waals surface area contributed by atoms with Gasteiger partial charge in [-0.05, 0) is 58.7 Å². The van der Waals surface area contributed by atoms with Crippen LogP contribution >= 0.6 is 22.6 Å². The number of anilines is 1. The van der Waals surface area contributed by atoms with Gasteiger partial charge in [-0.3, -0.25) is 0 Å². The largest absolute Gasteiger partial charge is 0.377 e. The molecule has 1 nitrogen and oxygen atoms in total. The van der Waals surface area contributed by atoms with E-state index in [4.69, 9.17) is 0 Å². The zero-order chi connectivity index (χ0) is 12.5. The Labute approximate surface area is 120 Å². The SMILES string of the molecule is Fc1cccc(NC2CCc3ccccc32)c1I. The van der Waals surface area contributed by atoms with Crippen LogP contribution in [0.3, 0.4) is 0 Å². The zero-order valence-corrected chi connectivity index (χ0v) is 11.9. The standard InChI is InChI=1S/C15H13FIN/c16-12-6-3-7-14(15(12)17)18-13-9-8-10-4-1-2-5-11(10)13/h1-7,13,18H,8-9H2. The molecule has 1 aliphatic rings. The van der Waals surface area contributed by atoms with Crippen molar-refractivity contribution in [2.24, 2.45) is 0 Å². The molecule has 3 rings (SSSR count). The second kappa shape index (κ2) is 4.88. The molecule has 0 aliphatic heterocycles. The van der Waals surface area contributed by atoms with Gasteiger partial charge in [-0.25, -0.2) is 4.39 Å². The summed E-state index contributed by atoms with van der Waals surface area (Å²) in [5.74, 6) is -0.160. The van der Waals surface area contributed by atoms with E-state index in [0.29, 0.717) is 9.61 Å². The van der Waals surface area contributed by atoms with Gasteiger partial charge < -0.3 is 5.32 Å². The average Bonchev–Trinajstić information content (AvgIpc) is 2.79. The molecule has 0 fully saturated rings. The third kappa shape index (κ3) is 2.11. The van der Waals surface area contributed by atoms with Crippen molar-refractivity contribution >= 4 is 28.3 Å². The van der Waals surface area contributed by atoms with E-state index in [1.165, 1.54) is 17.2 Å². The third-order valence-electron chi connectivity index (χ3n) is 3.41. The Balaban J connectivity index is 1.89. The molecule has 2 aromatic carbocycles. The molecule has 0 spiro atoms. The Morgan fingerprint density at radius 2 is 1.94 bits per heavy atom. The fraction of sp³-hybridized carbons (Fsp3) is 0.200. The molecule has 1 aliphatic carbocycles. The number of nitrogens with one attached hydrogen (secondary N) is 1. The van der Waals surface area contributed by atoms with Gasteiger partial charge in [0, 0.05) is 0 Å². The van der Waals surface area contributed by atoms with Crippen LogP contribution in [0.2, 0.25) is 0 Å². The summed E-state index contributed by atoms with van der Waals surface area (Å²) in [5.41, 5.74) is 3.64. The van der Waals surface area contributed by atoms with Crippen LogP contribution in [0.15, 0.2) is 42.5 Å². The highest BCUT2D eigenvalue weighted by Crippen LogP contribution is 2.35. The Bertz CT molecular complexity index is 582. The smallest absolute Gasteiger partial charge is 0.138 e. The van der Waals surface area contributed by atoms with Crippen molar-refractivity contribution in [1.29, 1.82) is 0 Å². The predicted molar refractivity (Wildman–Crippen MR) is 80.2 cm³/mol. The van der Waals surface area contributed by atoms with Gasteiger partial charge in [0.1, 0.15) is 5.82 Å². The maximum absolute atomic E-state index is 13.5. The van der Waals surface area contributed by atoms with Crippen molar-refractivity contribution in [1.82, 2.24) is 0 Å². The lowest BCUT2D eigenvalue weighted by atomic mass is 10.1. The van der Waals surface area contributed by atoms with E-state index >= 15 is 0 Å². The molecule has 1 unspecified atom stereocenters. The minimum Gasteiger partial charge on any atom is -0.377 e. The minimum absolute atomic E-state index is 0.160. The molecule has 1 atom stereocenters. The van der Waals surface area contributed by atoms with E-state index in [2.05, 4.69) is 52.2 Å². The summed E-state index contributed by atoms with van der Waals surface area (Å²) in [7, 11) is 0. The van der Waals surface area contributed by atoms with Crippen LogP contribution in [0, 0.1) is 9.39 Å². The van der Waals surface area contributed by atoms with Gasteiger partial charge in [0.2, 0.25) is 0 Å². The van der Waals surface area contributed by atoms with Gasteiger partial charge in [0.25, 0.3) is 0 Å². The summed E-state index contributed by atoms with van der Waals surface area (Å²) >= 11 is 2.05. The van der Waals surface area contributed by atoms with Gasteiger partial charge in [0.05, 0.1) is 15.3 Å². The summed E-state index contributed by atoms with van der Waals surface area (Å²) in [6.07, 6.45) is 2.17. The molecule has 0 amide bonds. The quantitative estimate of drug-likeness (QED) is 0.783. The molecule has 0 bridgehead atoms. The fourth-order valence-corrected chi connectivity index (χ4v) is 3.03. The van der Waals surface area contributed by atoms with Crippen molar-refractivity contribution in [3.8, 4) is 0 Å². The normalized spacial score (nSPS) is 17.6. The first-order valence-electron chi connectivity index (χ1n) is 6.04. The molecule has 0 saturated heterocycles. The van der Waals surface area contributed by atoms with Crippen LogP contribution in [0.4, 0.5) is 10.1 Å². The van der Waals surface area contributed by atoms with E-state index in [9.17, 15) is 4.39 Å². The van der Waals surface area contributed by atoms with Gasteiger partial charge in [-0.2, -0.15) is 0 Å². The molecule has 0 aromatic heterocycles. The van der Waals surface area contributed by atoms with E-state index in [0.717, 1.165) is 18.5 Å². The van der Waals surface area contributed by atoms with E-state index in [-0.39, 0.29) is 5.82 Å². The summed E-state index contributed by atoms with van der Waals surface area (Å²) < 4.78 is 14.2. The molecule has 0 radical (unpaired) electrons. The molecular formula is C15H13FIN. The highest BCUT2D eigenvalue weighted by atomic mass is 127. The monoisotopic (exact) mass is 353 g/mol. The summed E-state index contributed by atoms with van der Waals surface area (Å²) in [6, 6.07) is 14.0. The number of hydrogen-bond acceptors (Lipinski definition) is 1. The first kappa shape index (κ1) is 12.0. The topological polar surface area (TPSA) is 12.0 Å². The van der Waals surface area contributed by atoms with E-state index < -0.39 is 0 Å². The molecule has 18 heavy (non-hydrogen) atoms. The fourth-order valence-electron chi connectivity index (χ4n) is 2.51. The Morgan fingerprint density at radius 3 is 2.83 bits per heavy atom. The van der Waals surface area contributed by atoms with Crippen LogP contribution in [-0.4, -0.2) is 0 Å². The van der Waals surface area contributed by atoms with Gasteiger partial charge in [-0.1, -0.05) is 30.3 Å². The highest BCUT2D eigenvalue weighted by molar-refractivity contribution is 14.1. The summed E-state index contributed by atoms with van der Waals surface area (Å²) in [6.45, 7) is 0. The lowest BCUT2D eigenvalue weighted by Gasteiger charge is -2.17. The van der Waals surface area contributed by atoms with Crippen molar-refractivity contribution in [2.45, 2.75) is 18.9 Å². The average molecular weight is 353 g/mol. The van der Waals surface area contributed by atoms with Crippen molar-refractivity contribution in [3.63, 3.8) is 0 Å². The number of halogens is 2. The first-order chi connectivity index (χ1) is 8.75. The summed E-state index contributed by atoms with van der Waals surface area (Å²) in [4.78, 5) is 0. The van der Waals surface area contributed by atoms with E-state index in [1.54, 1.807) is 6.07 Å². The highest BCUT2D eigenvalue weighted by Gasteiger charge is 2.22. The maximum atomic E-state index is 13.5. The number of aryl methyl sites for hydroxylation is 1. The van der Waals surface area contributed by atoms with Crippen LogP contribution in [0.5, 0.6) is 0 Å². The molecule has 0 heterocycles. The number of rotatable bonds is 2. The third-order valence-corrected chi connectivity index (χ3v) is 4.51. The lowest BCUT2D eigenvalue weighted by molar-refractivity contribution is 0.620. The minimum atomic E-state index is -0.160. The Hall–Kier alpha value is -1.10. The molecular weight excluding hydrogens is 340 g/mol. The van der Waals surface area contributed by atoms with Crippen molar-refractivity contribution in [3.05, 3.63) is 63.0 Å². The lowest BCUT2D eigenvalue weighted by Crippen LogP contribution is -2.08. The van der Waals surface area contributed by atoms with E-state index in [1.807, 2.05) is 6.07 Å². The second-order valence-electron chi connectivity index (χ2n) is 4.54. The molecule has 0 saturated carbocycles. The maximum Gasteiger partial charge on any atom is 0.138 e. The van der Waals surface area contributed by atoms with Crippen LogP contribution in [-0.2, 0) is 6.42 Å². The Morgan fingerprint density at radius 1 is 1.11 bits per heavy atom. The second-order valence-corrected chi connectivity index (χ2v) is 5.61. The molecule has 92 valence electrons. The number of hydrogen-bond donors (Lipinski definition) is 1. The summed E-state index contributed by atoms with van der Waals surface area (Å²) in [5, 5.41) is 3.46. The number of fused-ring (bicyclic) bond motifs is 1. The predicted octanol–water partition coefficient (Wildman–Crippen LogP) is 4.53. The van der Waals surface area contributed by atoms with Crippen molar-refractivity contribution in [2.75, 3.05) is 5.32 Å². The van der Waals surface area contributed by atoms with Crippen LogP contribution < -0.4 is 5.32 Å². The molecule has 1 N–H and O–H groups in total.